The van der Waals surface area contributed by atoms with Crippen molar-refractivity contribution < 1.29 is 13.9 Å². The zero-order valence-corrected chi connectivity index (χ0v) is 7.45. The molecule has 0 bridgehead atoms. The Morgan fingerprint density at radius 3 is 3.07 bits per heavy atom. The summed E-state index contributed by atoms with van der Waals surface area (Å²) in [6.07, 6.45) is 1.19. The third-order valence-corrected chi connectivity index (χ3v) is 1.49. The first kappa shape index (κ1) is 10.1. The molecule has 0 saturated heterocycles. The first-order chi connectivity index (χ1) is 6.70. The van der Waals surface area contributed by atoms with Gasteiger partial charge >= 0.3 is 5.97 Å². The molecule has 1 aromatic rings. The summed E-state index contributed by atoms with van der Waals surface area (Å²) in [5.74, 6) is -1.72. The Bertz CT molecular complexity index is 398. The summed E-state index contributed by atoms with van der Waals surface area (Å²) < 4.78 is 17.9. The zero-order chi connectivity index (χ0) is 10.6. The number of hydrogen-bond acceptors (Lipinski definition) is 4. The van der Waals surface area contributed by atoms with Gasteiger partial charge in [0.05, 0.1) is 12.2 Å². The van der Waals surface area contributed by atoms with Crippen molar-refractivity contribution in [3.63, 3.8) is 0 Å². The lowest BCUT2D eigenvalue weighted by Gasteiger charge is -2.02. The Morgan fingerprint density at radius 2 is 2.50 bits per heavy atom. The first-order valence-electron chi connectivity index (χ1n) is 3.92. The van der Waals surface area contributed by atoms with E-state index in [1.54, 1.807) is 6.92 Å². The fraction of sp³-hybridized carbons (Fsp3) is 0.222. The predicted octanol–water partition coefficient (Wildman–Crippen LogP) is 1.27. The molecule has 14 heavy (non-hydrogen) atoms. The highest BCUT2D eigenvalue weighted by molar-refractivity contribution is 5.89. The highest BCUT2D eigenvalue weighted by Crippen LogP contribution is 2.10. The van der Waals surface area contributed by atoms with Crippen LogP contribution in [0.15, 0.2) is 12.3 Å². The molecule has 0 N–H and O–H groups in total. The van der Waals surface area contributed by atoms with Crippen LogP contribution in [0.5, 0.6) is 0 Å². The summed E-state index contributed by atoms with van der Waals surface area (Å²) in [6.45, 7) is 1.77. The summed E-state index contributed by atoms with van der Waals surface area (Å²) in [6, 6.07) is 2.71. The standard InChI is InChI=1S/C9H7FN2O2/c1-2-14-9(13)6-3-4-12-7(5-11)8(6)10/h3-4H,2H2,1H3. The highest BCUT2D eigenvalue weighted by Gasteiger charge is 2.16. The summed E-state index contributed by atoms with van der Waals surface area (Å²) >= 11 is 0. The second-order valence-corrected chi connectivity index (χ2v) is 2.35. The average molecular weight is 194 g/mol. The summed E-state index contributed by atoms with van der Waals surface area (Å²) in [5, 5.41) is 8.45. The molecule has 1 heterocycles. The van der Waals surface area contributed by atoms with Gasteiger partial charge in [-0.2, -0.15) is 5.26 Å². The molecule has 0 amide bonds. The largest absolute Gasteiger partial charge is 0.462 e. The van der Waals surface area contributed by atoms with Crippen molar-refractivity contribution >= 4 is 5.97 Å². The maximum absolute atomic E-state index is 13.3. The molecule has 0 fully saturated rings. The van der Waals surface area contributed by atoms with Crippen LogP contribution in [0.2, 0.25) is 0 Å². The van der Waals surface area contributed by atoms with Gasteiger partial charge < -0.3 is 4.74 Å². The van der Waals surface area contributed by atoms with Gasteiger partial charge in [-0.25, -0.2) is 14.2 Å². The van der Waals surface area contributed by atoms with E-state index in [0.717, 1.165) is 0 Å². The van der Waals surface area contributed by atoms with E-state index in [-0.39, 0.29) is 12.2 Å². The number of halogens is 1. The van der Waals surface area contributed by atoms with Gasteiger partial charge in [0.25, 0.3) is 0 Å². The smallest absolute Gasteiger partial charge is 0.341 e. The Labute approximate surface area is 79.9 Å². The average Bonchev–Trinajstić information content (AvgIpc) is 2.18. The van der Waals surface area contributed by atoms with Crippen molar-refractivity contribution in [2.45, 2.75) is 6.92 Å². The molecule has 0 aromatic carbocycles. The topological polar surface area (TPSA) is 63.0 Å². The van der Waals surface area contributed by atoms with Crippen molar-refractivity contribution in [2.24, 2.45) is 0 Å². The van der Waals surface area contributed by atoms with E-state index < -0.39 is 17.5 Å². The van der Waals surface area contributed by atoms with Crippen LogP contribution in [0.1, 0.15) is 23.0 Å². The molecular formula is C9H7FN2O2. The lowest BCUT2D eigenvalue weighted by Crippen LogP contribution is -2.09. The number of esters is 1. The third kappa shape index (κ3) is 1.85. The van der Waals surface area contributed by atoms with Crippen molar-refractivity contribution in [3.05, 3.63) is 29.3 Å². The van der Waals surface area contributed by atoms with E-state index in [1.165, 1.54) is 18.3 Å². The second kappa shape index (κ2) is 4.33. The minimum Gasteiger partial charge on any atom is -0.462 e. The number of pyridine rings is 1. The van der Waals surface area contributed by atoms with E-state index in [1.807, 2.05) is 0 Å². The molecule has 1 rings (SSSR count). The quantitative estimate of drug-likeness (QED) is 0.665. The van der Waals surface area contributed by atoms with E-state index in [0.29, 0.717) is 0 Å². The van der Waals surface area contributed by atoms with Crippen LogP contribution in [0.25, 0.3) is 0 Å². The number of hydrogen-bond donors (Lipinski definition) is 0. The van der Waals surface area contributed by atoms with E-state index in [4.69, 9.17) is 5.26 Å². The fourth-order valence-electron chi connectivity index (χ4n) is 0.888. The number of rotatable bonds is 2. The van der Waals surface area contributed by atoms with E-state index in [9.17, 15) is 9.18 Å². The first-order valence-corrected chi connectivity index (χ1v) is 3.92. The Morgan fingerprint density at radius 1 is 1.79 bits per heavy atom. The van der Waals surface area contributed by atoms with Crippen LogP contribution in [0.4, 0.5) is 4.39 Å². The van der Waals surface area contributed by atoms with Crippen LogP contribution in [-0.4, -0.2) is 17.6 Å². The lowest BCUT2D eigenvalue weighted by atomic mass is 10.2. The van der Waals surface area contributed by atoms with Gasteiger partial charge in [0.15, 0.2) is 11.5 Å². The molecule has 1 aromatic heterocycles. The number of carbonyl (C=O) groups excluding carboxylic acids is 1. The van der Waals surface area contributed by atoms with Crippen molar-refractivity contribution in [1.29, 1.82) is 5.26 Å². The molecule has 0 saturated carbocycles. The Balaban J connectivity index is 3.11. The number of nitriles is 1. The molecule has 5 heteroatoms. The summed E-state index contributed by atoms with van der Waals surface area (Å²) in [7, 11) is 0. The van der Waals surface area contributed by atoms with Gasteiger partial charge in [-0.1, -0.05) is 0 Å². The predicted molar refractivity (Wildman–Crippen MR) is 44.9 cm³/mol. The maximum Gasteiger partial charge on any atom is 0.341 e. The maximum atomic E-state index is 13.3. The SMILES string of the molecule is CCOC(=O)c1ccnc(C#N)c1F. The molecule has 4 nitrogen and oxygen atoms in total. The van der Waals surface area contributed by atoms with Gasteiger partial charge in [0.2, 0.25) is 0 Å². The Kier molecular flexibility index (Phi) is 3.13. The van der Waals surface area contributed by atoms with Crippen molar-refractivity contribution in [3.8, 4) is 6.07 Å². The molecular weight excluding hydrogens is 187 g/mol. The monoisotopic (exact) mass is 194 g/mol. The van der Waals surface area contributed by atoms with E-state index >= 15 is 0 Å². The van der Waals surface area contributed by atoms with Crippen LogP contribution in [0.3, 0.4) is 0 Å². The number of ether oxygens (including phenoxy) is 1. The van der Waals surface area contributed by atoms with Crippen LogP contribution in [0, 0.1) is 17.1 Å². The number of nitrogens with zero attached hydrogens (tertiary/aromatic N) is 2. The van der Waals surface area contributed by atoms with Crippen molar-refractivity contribution in [1.82, 2.24) is 4.98 Å². The zero-order valence-electron chi connectivity index (χ0n) is 7.45. The van der Waals surface area contributed by atoms with Gasteiger partial charge in [0, 0.05) is 6.20 Å². The van der Waals surface area contributed by atoms with Gasteiger partial charge in [0.1, 0.15) is 6.07 Å². The summed E-state index contributed by atoms with van der Waals surface area (Å²) in [5.41, 5.74) is -0.672. The third-order valence-electron chi connectivity index (χ3n) is 1.49. The molecule has 0 aliphatic heterocycles. The molecule has 0 atom stereocenters. The minimum atomic E-state index is -0.937. The molecule has 0 aliphatic rings. The minimum absolute atomic E-state index is 0.155. The van der Waals surface area contributed by atoms with Crippen LogP contribution in [-0.2, 0) is 4.74 Å². The Hall–Kier alpha value is -1.96. The van der Waals surface area contributed by atoms with Crippen LogP contribution >= 0.6 is 0 Å². The highest BCUT2D eigenvalue weighted by atomic mass is 19.1. The van der Waals surface area contributed by atoms with Crippen molar-refractivity contribution in [2.75, 3.05) is 6.61 Å². The normalized spacial score (nSPS) is 9.21. The molecule has 0 unspecified atom stereocenters. The number of aromatic nitrogens is 1. The van der Waals surface area contributed by atoms with Gasteiger partial charge in [-0.15, -0.1) is 0 Å². The fourth-order valence-corrected chi connectivity index (χ4v) is 0.888. The van der Waals surface area contributed by atoms with Crippen LogP contribution < -0.4 is 0 Å². The lowest BCUT2D eigenvalue weighted by molar-refractivity contribution is 0.0520. The molecule has 0 aliphatic carbocycles. The second-order valence-electron chi connectivity index (χ2n) is 2.35. The van der Waals surface area contributed by atoms with Gasteiger partial charge in [-0.3, -0.25) is 0 Å². The molecule has 0 spiro atoms. The summed E-state index contributed by atoms with van der Waals surface area (Å²) in [4.78, 5) is 14.6. The number of carbonyl (C=O) groups is 1. The molecule has 0 radical (unpaired) electrons. The van der Waals surface area contributed by atoms with E-state index in [2.05, 4.69) is 9.72 Å². The molecule has 72 valence electrons. The van der Waals surface area contributed by atoms with Gasteiger partial charge in [-0.05, 0) is 13.0 Å².